The Morgan fingerprint density at radius 1 is 1.16 bits per heavy atom. The molecule has 1 fully saturated rings. The Hall–Kier alpha value is -1.84. The lowest BCUT2D eigenvalue weighted by molar-refractivity contribution is -0.154. The maximum Gasteiger partial charge on any atom is 0.326 e. The number of benzene rings is 1. The number of hydrogen-bond acceptors (Lipinski definition) is 2. The zero-order valence-corrected chi connectivity index (χ0v) is 10.7. The van der Waals surface area contributed by atoms with Crippen molar-refractivity contribution in [1.82, 2.24) is 4.90 Å². The second-order valence-corrected chi connectivity index (χ2v) is 5.42. The van der Waals surface area contributed by atoms with E-state index in [0.717, 1.165) is 30.4 Å². The first-order valence-electron chi connectivity index (χ1n) is 6.77. The van der Waals surface area contributed by atoms with Gasteiger partial charge in [0.15, 0.2) is 0 Å². The van der Waals surface area contributed by atoms with Crippen LogP contribution in [0.5, 0.6) is 0 Å². The van der Waals surface area contributed by atoms with Crippen LogP contribution in [-0.4, -0.2) is 27.9 Å². The molecule has 4 nitrogen and oxygen atoms in total. The van der Waals surface area contributed by atoms with E-state index in [9.17, 15) is 14.7 Å². The van der Waals surface area contributed by atoms with E-state index >= 15 is 0 Å². The van der Waals surface area contributed by atoms with Crippen molar-refractivity contribution >= 4 is 11.9 Å². The second-order valence-electron chi connectivity index (χ2n) is 5.42. The van der Waals surface area contributed by atoms with Gasteiger partial charge in [-0.15, -0.1) is 0 Å². The van der Waals surface area contributed by atoms with Crippen LogP contribution in [0.4, 0.5) is 0 Å². The van der Waals surface area contributed by atoms with Crippen molar-refractivity contribution in [2.24, 2.45) is 5.92 Å². The van der Waals surface area contributed by atoms with Gasteiger partial charge in [-0.2, -0.15) is 0 Å². The summed E-state index contributed by atoms with van der Waals surface area (Å²) in [5, 5.41) is 9.36. The fourth-order valence-corrected chi connectivity index (χ4v) is 2.86. The van der Waals surface area contributed by atoms with Gasteiger partial charge < -0.3 is 10.0 Å². The molecule has 1 N–H and O–H groups in total. The average Bonchev–Trinajstić information content (AvgIpc) is 2.35. The molecule has 2 aliphatic rings. The van der Waals surface area contributed by atoms with Gasteiger partial charge in [0, 0.05) is 18.9 Å². The molecule has 1 aromatic rings. The van der Waals surface area contributed by atoms with Crippen LogP contribution in [0.1, 0.15) is 30.4 Å². The number of rotatable bonds is 2. The number of carbonyl (C=O) groups excluding carboxylic acids is 1. The minimum atomic E-state index is -0.901. The van der Waals surface area contributed by atoms with Crippen LogP contribution in [0.2, 0.25) is 0 Å². The molecule has 0 radical (unpaired) electrons. The third kappa shape index (κ3) is 2.11. The highest BCUT2D eigenvalue weighted by molar-refractivity contribution is 5.86. The zero-order chi connectivity index (χ0) is 13.4. The number of amides is 1. The first kappa shape index (κ1) is 12.2. The first-order chi connectivity index (χ1) is 9.16. The highest BCUT2D eigenvalue weighted by Gasteiger charge is 2.38. The smallest absolute Gasteiger partial charge is 0.326 e. The van der Waals surface area contributed by atoms with Crippen LogP contribution < -0.4 is 0 Å². The van der Waals surface area contributed by atoms with E-state index in [1.807, 2.05) is 24.3 Å². The Bertz CT molecular complexity index is 522. The molecule has 1 atom stereocenters. The van der Waals surface area contributed by atoms with Gasteiger partial charge in [-0.1, -0.05) is 30.7 Å². The summed E-state index contributed by atoms with van der Waals surface area (Å²) < 4.78 is 0. The summed E-state index contributed by atoms with van der Waals surface area (Å²) in [4.78, 5) is 25.3. The van der Waals surface area contributed by atoms with E-state index in [1.165, 1.54) is 0 Å². The lowest BCUT2D eigenvalue weighted by atomic mass is 9.83. The van der Waals surface area contributed by atoms with Crippen molar-refractivity contribution in [3.63, 3.8) is 0 Å². The fraction of sp³-hybridized carbons (Fsp3) is 0.467. The Morgan fingerprint density at radius 3 is 2.42 bits per heavy atom. The quantitative estimate of drug-likeness (QED) is 0.881. The summed E-state index contributed by atoms with van der Waals surface area (Å²) in [5.41, 5.74) is 2.13. The summed E-state index contributed by atoms with van der Waals surface area (Å²) >= 11 is 0. The lowest BCUT2D eigenvalue weighted by Gasteiger charge is -2.38. The van der Waals surface area contributed by atoms with Gasteiger partial charge in [0.05, 0.1) is 0 Å². The Kier molecular flexibility index (Phi) is 3.01. The number of fused-ring (bicyclic) bond motifs is 1. The summed E-state index contributed by atoms with van der Waals surface area (Å²) in [7, 11) is 0. The molecule has 0 bridgehead atoms. The average molecular weight is 259 g/mol. The van der Waals surface area contributed by atoms with Gasteiger partial charge in [0.2, 0.25) is 5.91 Å². The zero-order valence-electron chi connectivity index (χ0n) is 10.7. The normalized spacial score (nSPS) is 22.5. The van der Waals surface area contributed by atoms with Crippen molar-refractivity contribution in [3.8, 4) is 0 Å². The van der Waals surface area contributed by atoms with Gasteiger partial charge in [0.1, 0.15) is 6.04 Å². The summed E-state index contributed by atoms with van der Waals surface area (Å²) in [5.74, 6) is -0.831. The number of carboxylic acid groups (broad SMARTS) is 1. The van der Waals surface area contributed by atoms with Gasteiger partial charge in [0.25, 0.3) is 0 Å². The Labute approximate surface area is 112 Å². The molecule has 1 aromatic carbocycles. The van der Waals surface area contributed by atoms with Gasteiger partial charge in [-0.3, -0.25) is 4.79 Å². The van der Waals surface area contributed by atoms with E-state index in [4.69, 9.17) is 0 Å². The van der Waals surface area contributed by atoms with Crippen LogP contribution in [0.3, 0.4) is 0 Å². The molecule has 19 heavy (non-hydrogen) atoms. The predicted octanol–water partition coefficient (Wildman–Crippen LogP) is 1.82. The van der Waals surface area contributed by atoms with Crippen LogP contribution in [-0.2, 0) is 22.6 Å². The van der Waals surface area contributed by atoms with E-state index in [-0.39, 0.29) is 11.8 Å². The van der Waals surface area contributed by atoms with Crippen LogP contribution in [0, 0.1) is 5.92 Å². The maximum atomic E-state index is 12.4. The van der Waals surface area contributed by atoms with E-state index in [0.29, 0.717) is 13.0 Å². The fourth-order valence-electron chi connectivity index (χ4n) is 2.86. The molecule has 0 spiro atoms. The molecule has 1 heterocycles. The second kappa shape index (κ2) is 4.68. The highest BCUT2D eigenvalue weighted by Crippen LogP contribution is 2.32. The molecule has 4 heteroatoms. The standard InChI is InChI=1S/C15H17NO3/c17-14(10-6-3-7-10)16-9-12-5-2-1-4-11(12)8-13(16)15(18)19/h1-2,4-5,10,13H,3,6-9H2,(H,18,19)/t13-/m0/s1. The van der Waals surface area contributed by atoms with Crippen molar-refractivity contribution in [2.75, 3.05) is 0 Å². The highest BCUT2D eigenvalue weighted by atomic mass is 16.4. The van der Waals surface area contributed by atoms with Crippen molar-refractivity contribution in [1.29, 1.82) is 0 Å². The molecule has 100 valence electrons. The number of carboxylic acids is 1. The summed E-state index contributed by atoms with van der Waals surface area (Å²) in [6.07, 6.45) is 3.31. The molecule has 1 aliphatic heterocycles. The Morgan fingerprint density at radius 2 is 1.84 bits per heavy atom. The van der Waals surface area contributed by atoms with Gasteiger partial charge in [-0.05, 0) is 24.0 Å². The Balaban J connectivity index is 1.89. The minimum absolute atomic E-state index is 0.0214. The molecule has 1 amide bonds. The van der Waals surface area contributed by atoms with E-state index < -0.39 is 12.0 Å². The van der Waals surface area contributed by atoms with Crippen molar-refractivity contribution < 1.29 is 14.7 Å². The minimum Gasteiger partial charge on any atom is -0.480 e. The number of carbonyl (C=O) groups is 2. The monoisotopic (exact) mass is 259 g/mol. The molecular formula is C15H17NO3. The molecule has 0 aromatic heterocycles. The third-order valence-corrected chi connectivity index (χ3v) is 4.27. The third-order valence-electron chi connectivity index (χ3n) is 4.27. The molecular weight excluding hydrogens is 242 g/mol. The molecule has 1 aliphatic carbocycles. The van der Waals surface area contributed by atoms with E-state index in [1.54, 1.807) is 4.90 Å². The topological polar surface area (TPSA) is 57.6 Å². The molecule has 1 saturated carbocycles. The number of hydrogen-bond donors (Lipinski definition) is 1. The van der Waals surface area contributed by atoms with Crippen molar-refractivity contribution in [2.45, 2.75) is 38.3 Å². The van der Waals surface area contributed by atoms with Crippen LogP contribution >= 0.6 is 0 Å². The van der Waals surface area contributed by atoms with E-state index in [2.05, 4.69) is 0 Å². The van der Waals surface area contributed by atoms with Crippen LogP contribution in [0.25, 0.3) is 0 Å². The lowest BCUT2D eigenvalue weighted by Crippen LogP contribution is -2.51. The van der Waals surface area contributed by atoms with Crippen LogP contribution in [0.15, 0.2) is 24.3 Å². The molecule has 0 saturated heterocycles. The SMILES string of the molecule is O=C(O)[C@@H]1Cc2ccccc2CN1C(=O)C1CCC1. The first-order valence-corrected chi connectivity index (χ1v) is 6.77. The number of aliphatic carboxylic acids is 1. The van der Waals surface area contributed by atoms with Gasteiger partial charge in [-0.25, -0.2) is 4.79 Å². The maximum absolute atomic E-state index is 12.4. The van der Waals surface area contributed by atoms with Crippen molar-refractivity contribution in [3.05, 3.63) is 35.4 Å². The molecule has 3 rings (SSSR count). The summed E-state index contributed by atoms with van der Waals surface area (Å²) in [6.45, 7) is 0.433. The number of nitrogens with zero attached hydrogens (tertiary/aromatic N) is 1. The summed E-state index contributed by atoms with van der Waals surface area (Å²) in [6, 6.07) is 7.08. The largest absolute Gasteiger partial charge is 0.480 e. The predicted molar refractivity (Wildman–Crippen MR) is 69.5 cm³/mol. The van der Waals surface area contributed by atoms with Gasteiger partial charge >= 0.3 is 5.97 Å². The molecule has 0 unspecified atom stereocenters.